The minimum Gasteiger partial charge on any atom is -0.488 e. The zero-order valence-electron chi connectivity index (χ0n) is 12.6. The summed E-state index contributed by atoms with van der Waals surface area (Å²) >= 11 is 0. The summed E-state index contributed by atoms with van der Waals surface area (Å²) in [6, 6.07) is 7.48. The summed E-state index contributed by atoms with van der Waals surface area (Å²) in [5.74, 6) is 1.61. The molecule has 2 aromatic rings. The average Bonchev–Trinajstić information content (AvgIpc) is 3.10. The molecular weight excluding hydrogens is 282 g/mol. The molecule has 1 aliphatic heterocycles. The number of rotatable bonds is 4. The lowest BCUT2D eigenvalue weighted by Crippen LogP contribution is -2.42. The number of nitrogens with one attached hydrogen (secondary N) is 2. The molecule has 0 saturated carbocycles. The Bertz CT molecular complexity index is 644. The molecule has 0 saturated heterocycles. The summed E-state index contributed by atoms with van der Waals surface area (Å²) in [4.78, 5) is 12.0. The van der Waals surface area contributed by atoms with Gasteiger partial charge in [-0.3, -0.25) is 0 Å². The number of carbonyl (C=O) groups excluding carboxylic acids is 1. The third-order valence-electron chi connectivity index (χ3n) is 3.69. The number of urea groups is 1. The molecule has 0 unspecified atom stereocenters. The van der Waals surface area contributed by atoms with E-state index in [9.17, 15) is 4.79 Å². The molecule has 1 aromatic carbocycles. The van der Waals surface area contributed by atoms with Crippen LogP contribution in [0.15, 0.2) is 30.6 Å². The maximum absolute atomic E-state index is 12.0. The third kappa shape index (κ3) is 3.03. The van der Waals surface area contributed by atoms with Gasteiger partial charge < -0.3 is 19.9 Å². The number of hydrogen-bond acceptors (Lipinski definition) is 4. The standard InChI is InChI=1S/C15H19N5O2/c1-10(14-19-17-9-20(14)2)18-15(21)16-8-12-7-11-5-3-4-6-13(11)22-12/h3-6,9-10,12H,7-8H2,1-2H3,(H2,16,18,21)/t10-,12-/m0/s1. The highest BCUT2D eigenvalue weighted by Crippen LogP contribution is 2.27. The van der Waals surface area contributed by atoms with E-state index in [-0.39, 0.29) is 18.2 Å². The van der Waals surface area contributed by atoms with Gasteiger partial charge in [-0.2, -0.15) is 0 Å². The van der Waals surface area contributed by atoms with Crippen molar-refractivity contribution in [1.29, 1.82) is 0 Å². The van der Waals surface area contributed by atoms with Gasteiger partial charge >= 0.3 is 6.03 Å². The van der Waals surface area contributed by atoms with Crippen LogP contribution in [-0.4, -0.2) is 33.4 Å². The SMILES string of the molecule is C[C@H](NC(=O)NC[C@@H]1Cc2ccccc2O1)c1nncn1C. The number of aryl methyl sites for hydroxylation is 1. The van der Waals surface area contributed by atoms with Crippen LogP contribution >= 0.6 is 0 Å². The lowest BCUT2D eigenvalue weighted by atomic mass is 10.1. The lowest BCUT2D eigenvalue weighted by molar-refractivity contribution is 0.212. The van der Waals surface area contributed by atoms with E-state index < -0.39 is 0 Å². The molecule has 0 spiro atoms. The molecule has 2 atom stereocenters. The minimum atomic E-state index is -0.241. The van der Waals surface area contributed by atoms with Crippen molar-refractivity contribution in [2.24, 2.45) is 7.05 Å². The van der Waals surface area contributed by atoms with Crippen molar-refractivity contribution >= 4 is 6.03 Å². The number of para-hydroxylation sites is 1. The Kier molecular flexibility index (Phi) is 3.95. The van der Waals surface area contributed by atoms with Gasteiger partial charge in [0, 0.05) is 13.5 Å². The minimum absolute atomic E-state index is 0.0201. The number of amides is 2. The molecular formula is C15H19N5O2. The van der Waals surface area contributed by atoms with E-state index >= 15 is 0 Å². The Hall–Kier alpha value is -2.57. The smallest absolute Gasteiger partial charge is 0.315 e. The fourth-order valence-corrected chi connectivity index (χ4v) is 2.57. The molecule has 116 valence electrons. The van der Waals surface area contributed by atoms with Crippen LogP contribution in [0, 0.1) is 0 Å². The summed E-state index contributed by atoms with van der Waals surface area (Å²) in [5.41, 5.74) is 1.18. The van der Waals surface area contributed by atoms with Crippen LogP contribution in [0.1, 0.15) is 24.4 Å². The maximum atomic E-state index is 12.0. The Morgan fingerprint density at radius 2 is 2.32 bits per heavy atom. The van der Waals surface area contributed by atoms with Crippen LogP contribution in [-0.2, 0) is 13.5 Å². The Balaban J connectivity index is 1.47. The maximum Gasteiger partial charge on any atom is 0.315 e. The molecule has 1 aliphatic rings. The molecule has 0 aliphatic carbocycles. The highest BCUT2D eigenvalue weighted by atomic mass is 16.5. The van der Waals surface area contributed by atoms with Crippen LogP contribution in [0.25, 0.3) is 0 Å². The van der Waals surface area contributed by atoms with Crippen molar-refractivity contribution in [2.45, 2.75) is 25.5 Å². The predicted octanol–water partition coefficient (Wildman–Crippen LogP) is 1.18. The third-order valence-corrected chi connectivity index (χ3v) is 3.69. The zero-order chi connectivity index (χ0) is 15.5. The molecule has 2 heterocycles. The fraction of sp³-hybridized carbons (Fsp3) is 0.400. The van der Waals surface area contributed by atoms with Crippen molar-refractivity contribution in [3.05, 3.63) is 42.0 Å². The second-order valence-corrected chi connectivity index (χ2v) is 5.43. The van der Waals surface area contributed by atoms with Gasteiger partial charge in [0.05, 0.1) is 12.6 Å². The molecule has 3 rings (SSSR count). The normalized spacial score (nSPS) is 17.5. The van der Waals surface area contributed by atoms with Crippen molar-refractivity contribution < 1.29 is 9.53 Å². The van der Waals surface area contributed by atoms with Crippen LogP contribution in [0.4, 0.5) is 4.79 Å². The molecule has 7 heteroatoms. The van der Waals surface area contributed by atoms with Crippen molar-refractivity contribution in [3.63, 3.8) is 0 Å². The van der Waals surface area contributed by atoms with E-state index in [1.54, 1.807) is 10.9 Å². The predicted molar refractivity (Wildman–Crippen MR) is 80.5 cm³/mol. The topological polar surface area (TPSA) is 81.1 Å². The summed E-state index contributed by atoms with van der Waals surface area (Å²) in [6.07, 6.45) is 2.40. The van der Waals surface area contributed by atoms with Crippen molar-refractivity contribution in [2.75, 3.05) is 6.54 Å². The van der Waals surface area contributed by atoms with Gasteiger partial charge in [-0.25, -0.2) is 4.79 Å². The largest absolute Gasteiger partial charge is 0.488 e. The van der Waals surface area contributed by atoms with E-state index in [0.29, 0.717) is 12.4 Å². The lowest BCUT2D eigenvalue weighted by Gasteiger charge is -2.16. The van der Waals surface area contributed by atoms with Gasteiger partial charge in [0.25, 0.3) is 0 Å². The first-order valence-electron chi connectivity index (χ1n) is 7.26. The van der Waals surface area contributed by atoms with E-state index in [2.05, 4.69) is 20.8 Å². The molecule has 0 bridgehead atoms. The number of ether oxygens (including phenoxy) is 1. The van der Waals surface area contributed by atoms with Gasteiger partial charge in [0.1, 0.15) is 18.2 Å². The van der Waals surface area contributed by atoms with Gasteiger partial charge in [-0.15, -0.1) is 10.2 Å². The molecule has 2 N–H and O–H groups in total. The first-order chi connectivity index (χ1) is 10.6. The number of benzene rings is 1. The summed E-state index contributed by atoms with van der Waals surface area (Å²) in [6.45, 7) is 2.33. The van der Waals surface area contributed by atoms with E-state index in [1.165, 1.54) is 5.56 Å². The van der Waals surface area contributed by atoms with E-state index in [1.807, 2.05) is 38.2 Å². The number of hydrogen-bond donors (Lipinski definition) is 2. The molecule has 7 nitrogen and oxygen atoms in total. The number of nitrogens with zero attached hydrogens (tertiary/aromatic N) is 3. The Morgan fingerprint density at radius 1 is 1.50 bits per heavy atom. The van der Waals surface area contributed by atoms with Gasteiger partial charge in [0.15, 0.2) is 5.82 Å². The monoisotopic (exact) mass is 301 g/mol. The van der Waals surface area contributed by atoms with E-state index in [0.717, 1.165) is 12.2 Å². The van der Waals surface area contributed by atoms with Gasteiger partial charge in [-0.05, 0) is 18.6 Å². The highest BCUT2D eigenvalue weighted by molar-refractivity contribution is 5.74. The Morgan fingerprint density at radius 3 is 3.05 bits per heavy atom. The second kappa shape index (κ2) is 6.05. The first-order valence-corrected chi connectivity index (χ1v) is 7.26. The van der Waals surface area contributed by atoms with Crippen molar-refractivity contribution in [3.8, 4) is 5.75 Å². The molecule has 1 aromatic heterocycles. The summed E-state index contributed by atoms with van der Waals surface area (Å²) < 4.78 is 7.56. The molecule has 0 radical (unpaired) electrons. The number of aromatic nitrogens is 3. The first kappa shape index (κ1) is 14.4. The van der Waals surface area contributed by atoms with Gasteiger partial charge in [0.2, 0.25) is 0 Å². The van der Waals surface area contributed by atoms with Crippen LogP contribution < -0.4 is 15.4 Å². The second-order valence-electron chi connectivity index (χ2n) is 5.43. The molecule has 22 heavy (non-hydrogen) atoms. The van der Waals surface area contributed by atoms with Crippen LogP contribution in [0.5, 0.6) is 5.75 Å². The molecule has 0 fully saturated rings. The average molecular weight is 301 g/mol. The Labute approximate surface area is 128 Å². The summed E-state index contributed by atoms with van der Waals surface area (Å²) in [5, 5.41) is 13.5. The zero-order valence-corrected chi connectivity index (χ0v) is 12.6. The molecule has 2 amide bonds. The van der Waals surface area contributed by atoms with Gasteiger partial charge in [-0.1, -0.05) is 18.2 Å². The number of fused-ring (bicyclic) bond motifs is 1. The highest BCUT2D eigenvalue weighted by Gasteiger charge is 2.23. The van der Waals surface area contributed by atoms with E-state index in [4.69, 9.17) is 4.74 Å². The number of carbonyl (C=O) groups is 1. The van der Waals surface area contributed by atoms with Crippen molar-refractivity contribution in [1.82, 2.24) is 25.4 Å². The van der Waals surface area contributed by atoms with Crippen LogP contribution in [0.2, 0.25) is 0 Å². The fourth-order valence-electron chi connectivity index (χ4n) is 2.57. The summed E-state index contributed by atoms with van der Waals surface area (Å²) in [7, 11) is 1.84. The quantitative estimate of drug-likeness (QED) is 0.888. The van der Waals surface area contributed by atoms with Crippen LogP contribution in [0.3, 0.4) is 0 Å².